The fraction of sp³-hybridized carbons (Fsp3) is 0.303. The van der Waals surface area contributed by atoms with E-state index < -0.39 is 5.82 Å². The van der Waals surface area contributed by atoms with E-state index >= 15 is 0 Å². The molecule has 10 nitrogen and oxygen atoms in total. The Balaban J connectivity index is 0.947. The van der Waals surface area contributed by atoms with Crippen LogP contribution in [0, 0.1) is 5.82 Å². The standard InChI is InChI=1S/C33H33FN6O4/c34-27-9-8-22(19-28-24-6-2-3-7-25(24)31(41)38-37-28)18-26(27)33(43)40-16-14-39(15-17-40)13-5-1-4-11-36-32(42)29-20-23-10-12-35-21-30(23)44-29/h2-3,6-10,12,18,20-21H,1,4-5,11,13-17,19H2,(H,36,42)(H,38,41). The van der Waals surface area contributed by atoms with Crippen LogP contribution in [-0.2, 0) is 6.42 Å². The first-order valence-corrected chi connectivity index (χ1v) is 14.8. The number of halogens is 1. The van der Waals surface area contributed by atoms with E-state index in [0.717, 1.165) is 55.2 Å². The first-order chi connectivity index (χ1) is 21.5. The number of pyridine rings is 1. The molecule has 44 heavy (non-hydrogen) atoms. The third-order valence-corrected chi connectivity index (χ3v) is 8.05. The molecule has 0 saturated carbocycles. The van der Waals surface area contributed by atoms with Gasteiger partial charge < -0.3 is 14.6 Å². The molecule has 0 unspecified atom stereocenters. The van der Waals surface area contributed by atoms with Gasteiger partial charge in [0.05, 0.1) is 22.8 Å². The summed E-state index contributed by atoms with van der Waals surface area (Å²) in [6, 6.07) is 15.3. The number of H-pyrrole nitrogens is 1. The molecule has 0 spiro atoms. The quantitative estimate of drug-likeness (QED) is 0.232. The average molecular weight is 597 g/mol. The van der Waals surface area contributed by atoms with E-state index in [-0.39, 0.29) is 28.7 Å². The third kappa shape index (κ3) is 6.52. The predicted octanol–water partition coefficient (Wildman–Crippen LogP) is 4.15. The number of aromatic nitrogens is 3. The Morgan fingerprint density at radius 2 is 1.80 bits per heavy atom. The van der Waals surface area contributed by atoms with Gasteiger partial charge in [0, 0.05) is 56.1 Å². The van der Waals surface area contributed by atoms with Gasteiger partial charge in [-0.2, -0.15) is 5.10 Å². The fourth-order valence-corrected chi connectivity index (χ4v) is 5.61. The summed E-state index contributed by atoms with van der Waals surface area (Å²) in [6.07, 6.45) is 6.40. The lowest BCUT2D eigenvalue weighted by Gasteiger charge is -2.35. The van der Waals surface area contributed by atoms with Crippen LogP contribution in [0.15, 0.2) is 76.2 Å². The summed E-state index contributed by atoms with van der Waals surface area (Å²) in [7, 11) is 0. The lowest BCUT2D eigenvalue weighted by Crippen LogP contribution is -2.49. The zero-order chi connectivity index (χ0) is 30.5. The molecule has 5 aromatic rings. The monoisotopic (exact) mass is 596 g/mol. The van der Waals surface area contributed by atoms with Crippen molar-refractivity contribution in [2.45, 2.75) is 25.7 Å². The van der Waals surface area contributed by atoms with E-state index in [4.69, 9.17) is 4.42 Å². The number of piperazine rings is 1. The molecule has 0 radical (unpaired) electrons. The van der Waals surface area contributed by atoms with Crippen molar-refractivity contribution >= 4 is 33.6 Å². The van der Waals surface area contributed by atoms with Gasteiger partial charge in [-0.1, -0.05) is 30.7 Å². The highest BCUT2D eigenvalue weighted by Crippen LogP contribution is 2.21. The molecule has 1 aliphatic rings. The average Bonchev–Trinajstić information content (AvgIpc) is 3.50. The number of aromatic amines is 1. The molecule has 3 aromatic heterocycles. The molecular formula is C33H33FN6O4. The second-order valence-electron chi connectivity index (χ2n) is 11.0. The molecule has 0 bridgehead atoms. The van der Waals surface area contributed by atoms with Crippen LogP contribution in [0.5, 0.6) is 0 Å². The molecule has 4 heterocycles. The van der Waals surface area contributed by atoms with Gasteiger partial charge in [0.2, 0.25) is 0 Å². The number of nitrogens with one attached hydrogen (secondary N) is 2. The van der Waals surface area contributed by atoms with Crippen molar-refractivity contribution < 1.29 is 18.4 Å². The summed E-state index contributed by atoms with van der Waals surface area (Å²) in [5.41, 5.74) is 1.77. The molecule has 11 heteroatoms. The molecule has 1 aliphatic heterocycles. The maximum absolute atomic E-state index is 14.8. The highest BCUT2D eigenvalue weighted by Gasteiger charge is 2.24. The fourth-order valence-electron chi connectivity index (χ4n) is 5.61. The summed E-state index contributed by atoms with van der Waals surface area (Å²) in [5, 5.41) is 11.8. The lowest BCUT2D eigenvalue weighted by molar-refractivity contribution is 0.0630. The minimum absolute atomic E-state index is 0.0473. The van der Waals surface area contributed by atoms with Gasteiger partial charge in [-0.3, -0.25) is 24.3 Å². The van der Waals surface area contributed by atoms with Crippen molar-refractivity contribution in [1.29, 1.82) is 0 Å². The number of hydrogen-bond acceptors (Lipinski definition) is 7. The molecule has 2 aromatic carbocycles. The van der Waals surface area contributed by atoms with Crippen LogP contribution in [0.4, 0.5) is 4.39 Å². The van der Waals surface area contributed by atoms with Gasteiger partial charge in [0.1, 0.15) is 5.82 Å². The molecule has 0 atom stereocenters. The van der Waals surface area contributed by atoms with Gasteiger partial charge in [0.15, 0.2) is 11.3 Å². The van der Waals surface area contributed by atoms with Crippen LogP contribution < -0.4 is 10.9 Å². The van der Waals surface area contributed by atoms with Crippen molar-refractivity contribution in [3.05, 3.63) is 106 Å². The van der Waals surface area contributed by atoms with Crippen molar-refractivity contribution in [3.63, 3.8) is 0 Å². The van der Waals surface area contributed by atoms with Crippen LogP contribution in [0.25, 0.3) is 21.7 Å². The summed E-state index contributed by atoms with van der Waals surface area (Å²) in [6.45, 7) is 3.96. The van der Waals surface area contributed by atoms with Gasteiger partial charge in [-0.15, -0.1) is 0 Å². The third-order valence-electron chi connectivity index (χ3n) is 8.05. The van der Waals surface area contributed by atoms with E-state index in [1.54, 1.807) is 53.7 Å². The van der Waals surface area contributed by atoms with Crippen molar-refractivity contribution in [2.24, 2.45) is 0 Å². The molecule has 6 rings (SSSR count). The Bertz CT molecular complexity index is 1830. The zero-order valence-corrected chi connectivity index (χ0v) is 24.2. The van der Waals surface area contributed by atoms with Crippen molar-refractivity contribution in [1.82, 2.24) is 30.3 Å². The highest BCUT2D eigenvalue weighted by molar-refractivity contribution is 5.96. The van der Waals surface area contributed by atoms with Crippen LogP contribution in [0.2, 0.25) is 0 Å². The Hall–Kier alpha value is -4.90. The van der Waals surface area contributed by atoms with Crippen LogP contribution in [0.1, 0.15) is 51.4 Å². The second kappa shape index (κ2) is 13.2. The number of carbonyl (C=O) groups excluding carboxylic acids is 2. The number of furan rings is 1. The van der Waals surface area contributed by atoms with Gasteiger partial charge in [-0.25, -0.2) is 9.49 Å². The topological polar surface area (TPSA) is 124 Å². The van der Waals surface area contributed by atoms with Crippen molar-refractivity contribution in [2.75, 3.05) is 39.3 Å². The number of benzene rings is 2. The van der Waals surface area contributed by atoms with Gasteiger partial charge in [0.25, 0.3) is 17.4 Å². The maximum Gasteiger partial charge on any atom is 0.287 e. The summed E-state index contributed by atoms with van der Waals surface area (Å²) >= 11 is 0. The first-order valence-electron chi connectivity index (χ1n) is 14.8. The number of fused-ring (bicyclic) bond motifs is 2. The van der Waals surface area contributed by atoms with Crippen molar-refractivity contribution in [3.8, 4) is 0 Å². The van der Waals surface area contributed by atoms with E-state index in [9.17, 15) is 18.8 Å². The number of nitrogens with zero attached hydrogens (tertiary/aromatic N) is 4. The molecule has 1 saturated heterocycles. The molecule has 1 fully saturated rings. The summed E-state index contributed by atoms with van der Waals surface area (Å²) in [4.78, 5) is 45.8. The number of carbonyl (C=O) groups is 2. The van der Waals surface area contributed by atoms with Crippen LogP contribution in [-0.4, -0.2) is 76.1 Å². The van der Waals surface area contributed by atoms with Crippen LogP contribution >= 0.6 is 0 Å². The molecule has 0 aliphatic carbocycles. The molecular weight excluding hydrogens is 563 g/mol. The van der Waals surface area contributed by atoms with E-state index in [2.05, 4.69) is 25.4 Å². The minimum Gasteiger partial charge on any atom is -0.449 e. The van der Waals surface area contributed by atoms with E-state index in [1.807, 2.05) is 12.1 Å². The number of rotatable bonds is 10. The summed E-state index contributed by atoms with van der Waals surface area (Å²) in [5.74, 6) is -0.818. The zero-order valence-electron chi connectivity index (χ0n) is 24.2. The predicted molar refractivity (Wildman–Crippen MR) is 164 cm³/mol. The summed E-state index contributed by atoms with van der Waals surface area (Å²) < 4.78 is 20.4. The van der Waals surface area contributed by atoms with Gasteiger partial charge >= 0.3 is 0 Å². The SMILES string of the molecule is O=C(NCCCCCN1CCN(C(=O)c2cc(Cc3n[nH]c(=O)c4ccccc34)ccc2F)CC1)c1cc2ccncc2o1. The Kier molecular flexibility index (Phi) is 8.74. The maximum atomic E-state index is 14.8. The lowest BCUT2D eigenvalue weighted by atomic mass is 10.0. The normalized spacial score (nSPS) is 13.9. The highest BCUT2D eigenvalue weighted by atomic mass is 19.1. The minimum atomic E-state index is -0.551. The van der Waals surface area contributed by atoms with Crippen LogP contribution in [0.3, 0.4) is 0 Å². The molecule has 2 N–H and O–H groups in total. The number of amides is 2. The Morgan fingerprint density at radius 1 is 0.977 bits per heavy atom. The van der Waals surface area contributed by atoms with E-state index in [1.165, 1.54) is 6.07 Å². The molecule has 2 amide bonds. The smallest absolute Gasteiger partial charge is 0.287 e. The number of hydrogen-bond donors (Lipinski definition) is 2. The Labute approximate surface area is 252 Å². The molecule has 226 valence electrons. The first kappa shape index (κ1) is 29.2. The Morgan fingerprint density at radius 3 is 2.61 bits per heavy atom. The number of unbranched alkanes of at least 4 members (excludes halogenated alkanes) is 2. The van der Waals surface area contributed by atoms with Gasteiger partial charge in [-0.05, 0) is 55.3 Å². The second-order valence-corrected chi connectivity index (χ2v) is 11.0. The largest absolute Gasteiger partial charge is 0.449 e. The van der Waals surface area contributed by atoms with E-state index in [0.29, 0.717) is 42.7 Å².